The predicted molar refractivity (Wildman–Crippen MR) is 64.7 cm³/mol. The molecule has 0 saturated heterocycles. The van der Waals surface area contributed by atoms with E-state index in [1.807, 2.05) is 0 Å². The summed E-state index contributed by atoms with van der Waals surface area (Å²) in [5, 5.41) is 12.9. The highest BCUT2D eigenvalue weighted by atomic mass is 16.3. The Bertz CT molecular complexity index is 143. The highest BCUT2D eigenvalue weighted by Crippen LogP contribution is 2.27. The Morgan fingerprint density at radius 3 is 2.67 bits per heavy atom. The molecular formula is C13H27NO. The van der Waals surface area contributed by atoms with Crippen molar-refractivity contribution < 1.29 is 5.11 Å². The van der Waals surface area contributed by atoms with Crippen molar-refractivity contribution in [3.05, 3.63) is 0 Å². The second-order valence-electron chi connectivity index (χ2n) is 4.90. The highest BCUT2D eigenvalue weighted by molar-refractivity contribution is 4.67. The molecule has 2 heteroatoms. The van der Waals surface area contributed by atoms with Crippen molar-refractivity contribution in [2.75, 3.05) is 6.54 Å². The third-order valence-electron chi connectivity index (χ3n) is 3.48. The second kappa shape index (κ2) is 8.12. The van der Waals surface area contributed by atoms with E-state index < -0.39 is 0 Å². The minimum Gasteiger partial charge on any atom is -0.379 e. The monoisotopic (exact) mass is 213 g/mol. The molecule has 0 amide bonds. The number of rotatable bonds is 7. The average molecular weight is 213 g/mol. The SMILES string of the molecule is CCCCNC(O)CCC1CCCCC1. The summed E-state index contributed by atoms with van der Waals surface area (Å²) in [6.07, 6.45) is 11.3. The van der Waals surface area contributed by atoms with Crippen LogP contribution in [0.1, 0.15) is 64.7 Å². The lowest BCUT2D eigenvalue weighted by Crippen LogP contribution is -2.30. The molecule has 1 rings (SSSR count). The number of hydrogen-bond donors (Lipinski definition) is 2. The van der Waals surface area contributed by atoms with Crippen molar-refractivity contribution in [2.24, 2.45) is 5.92 Å². The molecule has 0 aromatic heterocycles. The van der Waals surface area contributed by atoms with E-state index in [4.69, 9.17) is 0 Å². The van der Waals surface area contributed by atoms with E-state index in [9.17, 15) is 5.11 Å². The Morgan fingerprint density at radius 2 is 2.00 bits per heavy atom. The van der Waals surface area contributed by atoms with E-state index in [-0.39, 0.29) is 6.23 Å². The van der Waals surface area contributed by atoms with Crippen molar-refractivity contribution in [3.63, 3.8) is 0 Å². The van der Waals surface area contributed by atoms with Gasteiger partial charge in [0, 0.05) is 0 Å². The number of nitrogens with one attached hydrogen (secondary N) is 1. The fraction of sp³-hybridized carbons (Fsp3) is 1.00. The lowest BCUT2D eigenvalue weighted by Gasteiger charge is -2.22. The first-order valence-corrected chi connectivity index (χ1v) is 6.74. The first-order valence-electron chi connectivity index (χ1n) is 6.74. The fourth-order valence-electron chi connectivity index (χ4n) is 2.42. The van der Waals surface area contributed by atoms with Crippen LogP contribution in [0.4, 0.5) is 0 Å². The van der Waals surface area contributed by atoms with Crippen LogP contribution in [0.2, 0.25) is 0 Å². The van der Waals surface area contributed by atoms with Gasteiger partial charge in [-0.1, -0.05) is 45.4 Å². The molecule has 0 heterocycles. The van der Waals surface area contributed by atoms with Crippen LogP contribution < -0.4 is 5.32 Å². The quantitative estimate of drug-likeness (QED) is 0.503. The van der Waals surface area contributed by atoms with Crippen LogP contribution in [0.5, 0.6) is 0 Å². The standard InChI is InChI=1S/C13H27NO/c1-2-3-11-14-13(15)10-9-12-7-5-4-6-8-12/h12-15H,2-11H2,1H3. The average Bonchev–Trinajstić information content (AvgIpc) is 2.28. The molecule has 0 spiro atoms. The maximum absolute atomic E-state index is 9.70. The van der Waals surface area contributed by atoms with E-state index in [0.29, 0.717) is 0 Å². The van der Waals surface area contributed by atoms with Gasteiger partial charge in [-0.15, -0.1) is 0 Å². The smallest absolute Gasteiger partial charge is 0.104 e. The van der Waals surface area contributed by atoms with E-state index in [1.54, 1.807) is 0 Å². The molecule has 1 unspecified atom stereocenters. The Hall–Kier alpha value is -0.0800. The van der Waals surface area contributed by atoms with Crippen LogP contribution in [-0.4, -0.2) is 17.9 Å². The summed E-state index contributed by atoms with van der Waals surface area (Å²) < 4.78 is 0. The first kappa shape index (κ1) is 13.0. The molecule has 0 bridgehead atoms. The predicted octanol–water partition coefficient (Wildman–Crippen LogP) is 3.06. The van der Waals surface area contributed by atoms with Gasteiger partial charge in [0.2, 0.25) is 0 Å². The van der Waals surface area contributed by atoms with Crippen molar-refractivity contribution in [2.45, 2.75) is 70.9 Å². The normalized spacial score (nSPS) is 20.4. The third kappa shape index (κ3) is 6.16. The van der Waals surface area contributed by atoms with E-state index >= 15 is 0 Å². The summed E-state index contributed by atoms with van der Waals surface area (Å²) in [7, 11) is 0. The zero-order valence-corrected chi connectivity index (χ0v) is 10.2. The summed E-state index contributed by atoms with van der Waals surface area (Å²) in [6, 6.07) is 0. The van der Waals surface area contributed by atoms with Crippen molar-refractivity contribution in [1.82, 2.24) is 5.32 Å². The Kier molecular flexibility index (Phi) is 7.03. The van der Waals surface area contributed by atoms with Crippen LogP contribution >= 0.6 is 0 Å². The van der Waals surface area contributed by atoms with Gasteiger partial charge in [-0.05, 0) is 31.7 Å². The van der Waals surface area contributed by atoms with Crippen molar-refractivity contribution >= 4 is 0 Å². The molecule has 15 heavy (non-hydrogen) atoms. The van der Waals surface area contributed by atoms with Gasteiger partial charge < -0.3 is 5.11 Å². The molecule has 90 valence electrons. The number of aliphatic hydroxyl groups is 1. The second-order valence-corrected chi connectivity index (χ2v) is 4.90. The van der Waals surface area contributed by atoms with E-state index in [0.717, 1.165) is 18.9 Å². The summed E-state index contributed by atoms with van der Waals surface area (Å²) >= 11 is 0. The van der Waals surface area contributed by atoms with Gasteiger partial charge >= 0.3 is 0 Å². The van der Waals surface area contributed by atoms with Gasteiger partial charge in [0.1, 0.15) is 6.23 Å². The fourth-order valence-corrected chi connectivity index (χ4v) is 2.42. The number of unbranched alkanes of at least 4 members (excludes halogenated alkanes) is 1. The summed E-state index contributed by atoms with van der Waals surface area (Å²) in [6.45, 7) is 3.14. The van der Waals surface area contributed by atoms with Gasteiger partial charge in [0.05, 0.1) is 0 Å². The molecule has 2 N–H and O–H groups in total. The summed E-state index contributed by atoms with van der Waals surface area (Å²) in [5.41, 5.74) is 0. The third-order valence-corrected chi connectivity index (χ3v) is 3.48. The van der Waals surface area contributed by atoms with E-state index in [2.05, 4.69) is 12.2 Å². The van der Waals surface area contributed by atoms with Crippen LogP contribution in [0.3, 0.4) is 0 Å². The molecule has 0 aromatic rings. The van der Waals surface area contributed by atoms with Gasteiger partial charge in [0.25, 0.3) is 0 Å². The zero-order chi connectivity index (χ0) is 10.9. The van der Waals surface area contributed by atoms with Crippen LogP contribution in [-0.2, 0) is 0 Å². The van der Waals surface area contributed by atoms with Crippen molar-refractivity contribution in [1.29, 1.82) is 0 Å². The van der Waals surface area contributed by atoms with Crippen LogP contribution in [0.25, 0.3) is 0 Å². The largest absolute Gasteiger partial charge is 0.379 e. The van der Waals surface area contributed by atoms with Crippen molar-refractivity contribution in [3.8, 4) is 0 Å². The molecule has 0 aliphatic heterocycles. The Labute approximate surface area is 94.5 Å². The maximum Gasteiger partial charge on any atom is 0.104 e. The molecule has 2 nitrogen and oxygen atoms in total. The molecule has 1 atom stereocenters. The van der Waals surface area contributed by atoms with Gasteiger partial charge in [-0.2, -0.15) is 0 Å². The lowest BCUT2D eigenvalue weighted by atomic mass is 9.86. The molecular weight excluding hydrogens is 186 g/mol. The zero-order valence-electron chi connectivity index (χ0n) is 10.2. The number of hydrogen-bond acceptors (Lipinski definition) is 2. The number of aliphatic hydroxyl groups excluding tert-OH is 1. The molecule has 1 saturated carbocycles. The Balaban J connectivity index is 1.97. The molecule has 0 radical (unpaired) electrons. The minimum absolute atomic E-state index is 0.265. The highest BCUT2D eigenvalue weighted by Gasteiger charge is 2.14. The van der Waals surface area contributed by atoms with Crippen LogP contribution in [0.15, 0.2) is 0 Å². The van der Waals surface area contributed by atoms with E-state index in [1.165, 1.54) is 51.4 Å². The summed E-state index contributed by atoms with van der Waals surface area (Å²) in [5.74, 6) is 0.890. The summed E-state index contributed by atoms with van der Waals surface area (Å²) in [4.78, 5) is 0. The van der Waals surface area contributed by atoms with Crippen LogP contribution in [0, 0.1) is 5.92 Å². The van der Waals surface area contributed by atoms with Gasteiger partial charge in [0.15, 0.2) is 0 Å². The first-order chi connectivity index (χ1) is 7.33. The molecule has 1 aliphatic carbocycles. The Morgan fingerprint density at radius 1 is 1.27 bits per heavy atom. The molecule has 0 aromatic carbocycles. The minimum atomic E-state index is -0.265. The topological polar surface area (TPSA) is 32.3 Å². The lowest BCUT2D eigenvalue weighted by molar-refractivity contribution is 0.115. The molecule has 1 fully saturated rings. The van der Waals surface area contributed by atoms with Gasteiger partial charge in [-0.3, -0.25) is 5.32 Å². The van der Waals surface area contributed by atoms with Gasteiger partial charge in [-0.25, -0.2) is 0 Å². The molecule has 1 aliphatic rings. The maximum atomic E-state index is 9.70.